The van der Waals surface area contributed by atoms with E-state index in [0.717, 1.165) is 12.1 Å². The highest BCUT2D eigenvalue weighted by Gasteiger charge is 2.29. The lowest BCUT2D eigenvalue weighted by atomic mass is 10.1. The molecule has 0 bridgehead atoms. The first kappa shape index (κ1) is 12.2. The number of hydrogen-bond donors (Lipinski definition) is 0. The van der Waals surface area contributed by atoms with Crippen LogP contribution in [0.3, 0.4) is 0 Å². The van der Waals surface area contributed by atoms with Gasteiger partial charge in [0.2, 0.25) is 5.70 Å². The van der Waals surface area contributed by atoms with E-state index in [1.165, 1.54) is 25.1 Å². The summed E-state index contributed by atoms with van der Waals surface area (Å²) in [7, 11) is 0. The molecule has 0 aliphatic heterocycles. The van der Waals surface area contributed by atoms with Crippen molar-refractivity contribution in [2.45, 2.75) is 13.1 Å². The van der Waals surface area contributed by atoms with E-state index in [-0.39, 0.29) is 5.70 Å². The molecular formula is C10H8F3NO2. The van der Waals surface area contributed by atoms with Crippen molar-refractivity contribution in [3.8, 4) is 0 Å². The highest BCUT2D eigenvalue weighted by atomic mass is 19.4. The smallest absolute Gasteiger partial charge is 0.259 e. The van der Waals surface area contributed by atoms with Crippen LogP contribution in [0.5, 0.6) is 0 Å². The maximum atomic E-state index is 12.2. The van der Waals surface area contributed by atoms with Crippen LogP contribution < -0.4 is 0 Å². The highest BCUT2D eigenvalue weighted by molar-refractivity contribution is 5.51. The van der Waals surface area contributed by atoms with Crippen LogP contribution in [-0.4, -0.2) is 4.92 Å². The molecule has 0 aromatic heterocycles. The quantitative estimate of drug-likeness (QED) is 0.578. The van der Waals surface area contributed by atoms with E-state index in [2.05, 4.69) is 0 Å². The number of nitrogens with zero attached hydrogens (tertiary/aromatic N) is 1. The van der Waals surface area contributed by atoms with E-state index < -0.39 is 16.7 Å². The van der Waals surface area contributed by atoms with Gasteiger partial charge in [-0.15, -0.1) is 0 Å². The second-order valence-corrected chi connectivity index (χ2v) is 3.16. The van der Waals surface area contributed by atoms with Crippen molar-refractivity contribution in [3.63, 3.8) is 0 Å². The zero-order valence-corrected chi connectivity index (χ0v) is 8.28. The molecule has 0 atom stereocenters. The van der Waals surface area contributed by atoms with E-state index in [1.807, 2.05) is 0 Å². The van der Waals surface area contributed by atoms with Gasteiger partial charge < -0.3 is 0 Å². The lowest BCUT2D eigenvalue weighted by Gasteiger charge is -2.05. The first-order valence-corrected chi connectivity index (χ1v) is 4.30. The standard InChI is InChI=1S/C10H8F3NO2/c1-7(14(15)16)6-8-2-4-9(5-3-8)10(11,12)13/h2-6H,1H3. The summed E-state index contributed by atoms with van der Waals surface area (Å²) < 4.78 is 36.6. The predicted octanol–water partition coefficient (Wildman–Crippen LogP) is 3.34. The minimum absolute atomic E-state index is 0.125. The van der Waals surface area contributed by atoms with Crippen LogP contribution >= 0.6 is 0 Å². The van der Waals surface area contributed by atoms with Gasteiger partial charge in [0.25, 0.3) is 0 Å². The van der Waals surface area contributed by atoms with Crippen molar-refractivity contribution in [1.82, 2.24) is 0 Å². The molecular weight excluding hydrogens is 223 g/mol. The van der Waals surface area contributed by atoms with Gasteiger partial charge in [-0.05, 0) is 17.7 Å². The van der Waals surface area contributed by atoms with Crippen LogP contribution in [0.25, 0.3) is 6.08 Å². The van der Waals surface area contributed by atoms with Gasteiger partial charge in [-0.25, -0.2) is 0 Å². The molecule has 0 unspecified atom stereocenters. The molecule has 1 rings (SSSR count). The number of benzene rings is 1. The molecule has 0 saturated carbocycles. The number of halogens is 3. The fourth-order valence-electron chi connectivity index (χ4n) is 1.06. The Morgan fingerprint density at radius 2 is 1.81 bits per heavy atom. The summed E-state index contributed by atoms with van der Waals surface area (Å²) in [4.78, 5) is 9.69. The van der Waals surface area contributed by atoms with Gasteiger partial charge in [0.05, 0.1) is 10.5 Å². The van der Waals surface area contributed by atoms with E-state index >= 15 is 0 Å². The number of alkyl halides is 3. The Morgan fingerprint density at radius 3 is 2.19 bits per heavy atom. The Bertz CT molecular complexity index is 421. The second kappa shape index (κ2) is 4.34. The van der Waals surface area contributed by atoms with Gasteiger partial charge in [0.15, 0.2) is 0 Å². The minimum Gasteiger partial charge on any atom is -0.259 e. The van der Waals surface area contributed by atoms with Crippen molar-refractivity contribution in [2.24, 2.45) is 0 Å². The van der Waals surface area contributed by atoms with Gasteiger partial charge in [-0.2, -0.15) is 13.2 Å². The minimum atomic E-state index is -4.39. The molecule has 0 N–H and O–H groups in total. The fraction of sp³-hybridized carbons (Fsp3) is 0.200. The first-order chi connectivity index (χ1) is 7.30. The number of rotatable bonds is 2. The largest absolute Gasteiger partial charge is 0.416 e. The average molecular weight is 231 g/mol. The van der Waals surface area contributed by atoms with Crippen molar-refractivity contribution in [3.05, 3.63) is 51.2 Å². The Hall–Kier alpha value is -1.85. The lowest BCUT2D eigenvalue weighted by molar-refractivity contribution is -0.422. The van der Waals surface area contributed by atoms with Gasteiger partial charge in [0.1, 0.15) is 0 Å². The molecule has 16 heavy (non-hydrogen) atoms. The molecule has 0 radical (unpaired) electrons. The fourth-order valence-corrected chi connectivity index (χ4v) is 1.06. The lowest BCUT2D eigenvalue weighted by Crippen LogP contribution is -2.04. The summed E-state index contributed by atoms with van der Waals surface area (Å²) in [5, 5.41) is 10.3. The third-order valence-electron chi connectivity index (χ3n) is 1.90. The van der Waals surface area contributed by atoms with Crippen LogP contribution in [0.1, 0.15) is 18.1 Å². The van der Waals surface area contributed by atoms with Crippen LogP contribution in [0.2, 0.25) is 0 Å². The second-order valence-electron chi connectivity index (χ2n) is 3.16. The Kier molecular flexibility index (Phi) is 3.31. The Balaban J connectivity index is 2.97. The summed E-state index contributed by atoms with van der Waals surface area (Å²) in [5.74, 6) is 0. The summed E-state index contributed by atoms with van der Waals surface area (Å²) >= 11 is 0. The highest BCUT2D eigenvalue weighted by Crippen LogP contribution is 2.29. The molecule has 0 aliphatic rings. The molecule has 1 aromatic carbocycles. The Morgan fingerprint density at radius 1 is 1.31 bits per heavy atom. The van der Waals surface area contributed by atoms with Gasteiger partial charge >= 0.3 is 6.18 Å². The Labute approximate surface area is 89.4 Å². The van der Waals surface area contributed by atoms with Crippen LogP contribution in [-0.2, 0) is 6.18 Å². The average Bonchev–Trinajstić information content (AvgIpc) is 2.17. The van der Waals surface area contributed by atoms with E-state index in [0.29, 0.717) is 5.56 Å². The molecule has 0 spiro atoms. The van der Waals surface area contributed by atoms with Crippen molar-refractivity contribution in [2.75, 3.05) is 0 Å². The molecule has 0 saturated heterocycles. The van der Waals surface area contributed by atoms with Crippen LogP contribution in [0.15, 0.2) is 30.0 Å². The third kappa shape index (κ3) is 3.08. The molecule has 0 aliphatic carbocycles. The van der Waals surface area contributed by atoms with Gasteiger partial charge in [-0.1, -0.05) is 12.1 Å². The predicted molar refractivity (Wildman–Crippen MR) is 52.1 cm³/mol. The number of nitro groups is 1. The summed E-state index contributed by atoms with van der Waals surface area (Å²) in [5.41, 5.74) is -0.537. The van der Waals surface area contributed by atoms with Gasteiger partial charge in [-0.3, -0.25) is 10.1 Å². The third-order valence-corrected chi connectivity index (χ3v) is 1.90. The van der Waals surface area contributed by atoms with Crippen molar-refractivity contribution in [1.29, 1.82) is 0 Å². The van der Waals surface area contributed by atoms with Crippen molar-refractivity contribution >= 4 is 6.08 Å². The molecule has 86 valence electrons. The molecule has 0 amide bonds. The molecule has 0 heterocycles. The zero-order chi connectivity index (χ0) is 12.3. The van der Waals surface area contributed by atoms with Gasteiger partial charge in [0, 0.05) is 13.0 Å². The molecule has 0 fully saturated rings. The molecule has 6 heteroatoms. The summed E-state index contributed by atoms with van der Waals surface area (Å²) in [6, 6.07) is 4.16. The number of allylic oxidation sites excluding steroid dienone is 1. The van der Waals surface area contributed by atoms with E-state index in [4.69, 9.17) is 0 Å². The maximum absolute atomic E-state index is 12.2. The van der Waals surface area contributed by atoms with Crippen LogP contribution in [0, 0.1) is 10.1 Å². The van der Waals surface area contributed by atoms with E-state index in [9.17, 15) is 23.3 Å². The monoisotopic (exact) mass is 231 g/mol. The van der Waals surface area contributed by atoms with E-state index in [1.54, 1.807) is 0 Å². The summed E-state index contributed by atoms with van der Waals surface area (Å²) in [6.07, 6.45) is -3.18. The van der Waals surface area contributed by atoms with Crippen molar-refractivity contribution < 1.29 is 18.1 Å². The number of hydrogen-bond acceptors (Lipinski definition) is 2. The zero-order valence-electron chi connectivity index (χ0n) is 8.28. The SMILES string of the molecule is CC(=Cc1ccc(C(F)(F)F)cc1)[N+](=O)[O-]. The first-order valence-electron chi connectivity index (χ1n) is 4.30. The topological polar surface area (TPSA) is 43.1 Å². The maximum Gasteiger partial charge on any atom is 0.416 e. The van der Waals surface area contributed by atoms with Crippen LogP contribution in [0.4, 0.5) is 13.2 Å². The summed E-state index contributed by atoms with van der Waals surface area (Å²) in [6.45, 7) is 1.28. The molecule has 3 nitrogen and oxygen atoms in total. The molecule has 1 aromatic rings. The normalized spacial score (nSPS) is 12.6.